The Balaban J connectivity index is 2.44. The minimum Gasteiger partial charge on any atom is -0.494 e. The second kappa shape index (κ2) is 5.50. The molecule has 2 aromatic rings. The van der Waals surface area contributed by atoms with Crippen LogP contribution in [-0.4, -0.2) is 17.9 Å². The average molecular weight is 327 g/mol. The number of aromatic nitrogens is 1. The first-order valence-corrected chi connectivity index (χ1v) is 6.29. The molecule has 0 saturated carbocycles. The van der Waals surface area contributed by atoms with E-state index in [1.54, 1.807) is 36.5 Å². The fourth-order valence-corrected chi connectivity index (χ4v) is 2.00. The van der Waals surface area contributed by atoms with Crippen molar-refractivity contribution in [2.75, 3.05) is 7.11 Å². The van der Waals surface area contributed by atoms with Crippen molar-refractivity contribution in [1.29, 1.82) is 0 Å². The summed E-state index contributed by atoms with van der Waals surface area (Å²) in [6.45, 7) is 0. The number of hydrogen-bond donors (Lipinski definition) is 0. The van der Waals surface area contributed by atoms with Crippen LogP contribution in [0.1, 0.15) is 16.1 Å². The number of benzene rings is 1. The third kappa shape index (κ3) is 2.54. The number of ketones is 1. The van der Waals surface area contributed by atoms with Crippen LogP contribution >= 0.6 is 27.5 Å². The molecule has 0 spiro atoms. The van der Waals surface area contributed by atoms with Crippen LogP contribution in [0.4, 0.5) is 0 Å². The molecule has 0 unspecified atom stereocenters. The fraction of sp³-hybridized carbons (Fsp3) is 0.0769. The number of hydrogen-bond acceptors (Lipinski definition) is 3. The lowest BCUT2D eigenvalue weighted by Gasteiger charge is -2.06. The quantitative estimate of drug-likeness (QED) is 0.807. The first-order valence-electron chi connectivity index (χ1n) is 5.12. The zero-order valence-electron chi connectivity index (χ0n) is 9.48. The number of carbonyl (C=O) groups is 1. The number of halogens is 2. The molecule has 0 radical (unpaired) electrons. The van der Waals surface area contributed by atoms with E-state index < -0.39 is 0 Å². The van der Waals surface area contributed by atoms with E-state index in [4.69, 9.17) is 16.3 Å². The van der Waals surface area contributed by atoms with Gasteiger partial charge in [-0.25, -0.2) is 4.98 Å². The summed E-state index contributed by atoms with van der Waals surface area (Å²) in [6, 6.07) is 8.40. The number of rotatable bonds is 3. The zero-order valence-corrected chi connectivity index (χ0v) is 11.8. The molecule has 18 heavy (non-hydrogen) atoms. The summed E-state index contributed by atoms with van der Waals surface area (Å²) in [4.78, 5) is 16.3. The van der Waals surface area contributed by atoms with E-state index in [2.05, 4.69) is 20.9 Å². The molecule has 0 atom stereocenters. The summed E-state index contributed by atoms with van der Waals surface area (Å²) >= 11 is 9.18. The Bertz CT molecular complexity index is 601. The van der Waals surface area contributed by atoms with Crippen molar-refractivity contribution in [3.63, 3.8) is 0 Å². The van der Waals surface area contributed by atoms with Gasteiger partial charge < -0.3 is 4.74 Å². The monoisotopic (exact) mass is 325 g/mol. The highest BCUT2D eigenvalue weighted by Gasteiger charge is 2.16. The summed E-state index contributed by atoms with van der Waals surface area (Å²) in [5.74, 6) is 0.249. The molecule has 0 saturated heterocycles. The lowest BCUT2D eigenvalue weighted by Crippen LogP contribution is -2.06. The molecular weight excluding hydrogens is 318 g/mol. The minimum atomic E-state index is -0.204. The topological polar surface area (TPSA) is 39.2 Å². The van der Waals surface area contributed by atoms with Crippen LogP contribution in [0.3, 0.4) is 0 Å². The van der Waals surface area contributed by atoms with Crippen molar-refractivity contribution in [3.8, 4) is 5.75 Å². The standard InChI is InChI=1S/C13H9BrClNO2/c1-18-11-3-2-6-16-12(11)13(17)8-4-5-10(15)9(14)7-8/h2-7H,1H3. The summed E-state index contributed by atoms with van der Waals surface area (Å²) in [6.07, 6.45) is 1.56. The van der Waals surface area contributed by atoms with E-state index in [1.807, 2.05) is 0 Å². The third-order valence-electron chi connectivity index (χ3n) is 2.39. The largest absolute Gasteiger partial charge is 0.494 e. The highest BCUT2D eigenvalue weighted by atomic mass is 79.9. The van der Waals surface area contributed by atoms with Crippen molar-refractivity contribution < 1.29 is 9.53 Å². The van der Waals surface area contributed by atoms with Crippen molar-refractivity contribution in [2.24, 2.45) is 0 Å². The van der Waals surface area contributed by atoms with Crippen LogP contribution in [0, 0.1) is 0 Å². The van der Waals surface area contributed by atoms with Crippen LogP contribution in [-0.2, 0) is 0 Å². The van der Waals surface area contributed by atoms with Gasteiger partial charge in [0, 0.05) is 16.2 Å². The Morgan fingerprint density at radius 3 is 2.83 bits per heavy atom. The molecule has 0 N–H and O–H groups in total. The lowest BCUT2D eigenvalue weighted by atomic mass is 10.1. The predicted octanol–water partition coefficient (Wildman–Crippen LogP) is 3.74. The summed E-state index contributed by atoms with van der Waals surface area (Å²) in [7, 11) is 1.51. The summed E-state index contributed by atoms with van der Waals surface area (Å²) in [5, 5.41) is 0.555. The number of carbonyl (C=O) groups excluding carboxylic acids is 1. The van der Waals surface area contributed by atoms with Crippen LogP contribution in [0.25, 0.3) is 0 Å². The molecule has 1 heterocycles. The van der Waals surface area contributed by atoms with Crippen molar-refractivity contribution in [3.05, 3.63) is 57.3 Å². The molecule has 1 aromatic carbocycles. The van der Waals surface area contributed by atoms with E-state index in [1.165, 1.54) is 7.11 Å². The maximum absolute atomic E-state index is 12.3. The van der Waals surface area contributed by atoms with Gasteiger partial charge in [-0.15, -0.1) is 0 Å². The van der Waals surface area contributed by atoms with E-state index in [0.29, 0.717) is 20.8 Å². The normalized spacial score (nSPS) is 10.2. The number of pyridine rings is 1. The number of nitrogens with zero attached hydrogens (tertiary/aromatic N) is 1. The maximum atomic E-state index is 12.3. The Kier molecular flexibility index (Phi) is 3.99. The molecule has 2 rings (SSSR count). The SMILES string of the molecule is COc1cccnc1C(=O)c1ccc(Cl)c(Br)c1. The molecule has 5 heteroatoms. The fourth-order valence-electron chi connectivity index (χ4n) is 1.50. The minimum absolute atomic E-state index is 0.204. The van der Waals surface area contributed by atoms with Crippen LogP contribution in [0.5, 0.6) is 5.75 Å². The zero-order chi connectivity index (χ0) is 13.1. The number of ether oxygens (including phenoxy) is 1. The van der Waals surface area contributed by atoms with Crippen LogP contribution in [0.2, 0.25) is 5.02 Å². The van der Waals surface area contributed by atoms with Crippen molar-refractivity contribution in [2.45, 2.75) is 0 Å². The molecule has 0 fully saturated rings. The molecule has 0 aliphatic rings. The van der Waals surface area contributed by atoms with E-state index in [-0.39, 0.29) is 11.5 Å². The Morgan fingerprint density at radius 2 is 2.17 bits per heavy atom. The first-order chi connectivity index (χ1) is 8.63. The highest BCUT2D eigenvalue weighted by Crippen LogP contribution is 2.25. The Hall–Kier alpha value is -1.39. The number of methoxy groups -OCH3 is 1. The molecule has 0 amide bonds. The van der Waals surface area contributed by atoms with Gasteiger partial charge in [0.05, 0.1) is 12.1 Å². The van der Waals surface area contributed by atoms with Gasteiger partial charge >= 0.3 is 0 Å². The van der Waals surface area contributed by atoms with Gasteiger partial charge in [0.25, 0.3) is 0 Å². The smallest absolute Gasteiger partial charge is 0.215 e. The van der Waals surface area contributed by atoms with Crippen LogP contribution in [0.15, 0.2) is 41.0 Å². The van der Waals surface area contributed by atoms with E-state index in [9.17, 15) is 4.79 Å². The van der Waals surface area contributed by atoms with E-state index in [0.717, 1.165) is 0 Å². The second-order valence-corrected chi connectivity index (χ2v) is 4.77. The predicted molar refractivity (Wildman–Crippen MR) is 73.4 cm³/mol. The van der Waals surface area contributed by atoms with Gasteiger partial charge in [-0.2, -0.15) is 0 Å². The van der Waals surface area contributed by atoms with E-state index >= 15 is 0 Å². The molecule has 0 bridgehead atoms. The Labute approximate surface area is 118 Å². The van der Waals surface area contributed by atoms with Gasteiger partial charge in [-0.1, -0.05) is 11.6 Å². The van der Waals surface area contributed by atoms with Gasteiger partial charge in [-0.3, -0.25) is 4.79 Å². The third-order valence-corrected chi connectivity index (χ3v) is 3.60. The van der Waals surface area contributed by atoms with Gasteiger partial charge in [-0.05, 0) is 46.3 Å². The summed E-state index contributed by atoms with van der Waals surface area (Å²) < 4.78 is 5.79. The highest BCUT2D eigenvalue weighted by molar-refractivity contribution is 9.10. The van der Waals surface area contributed by atoms with Gasteiger partial charge in [0.1, 0.15) is 5.75 Å². The Morgan fingerprint density at radius 1 is 1.39 bits per heavy atom. The second-order valence-electron chi connectivity index (χ2n) is 3.51. The summed E-state index contributed by atoms with van der Waals surface area (Å²) in [5.41, 5.74) is 0.789. The molecule has 3 nitrogen and oxygen atoms in total. The molecular formula is C13H9BrClNO2. The average Bonchev–Trinajstić information content (AvgIpc) is 2.41. The molecule has 0 aliphatic heterocycles. The lowest BCUT2D eigenvalue weighted by molar-refractivity contribution is 0.103. The maximum Gasteiger partial charge on any atom is 0.215 e. The molecule has 92 valence electrons. The first kappa shape index (κ1) is 13.1. The molecule has 1 aromatic heterocycles. The van der Waals surface area contributed by atoms with Crippen molar-refractivity contribution >= 4 is 33.3 Å². The van der Waals surface area contributed by atoms with Crippen molar-refractivity contribution in [1.82, 2.24) is 4.98 Å². The van der Waals surface area contributed by atoms with Gasteiger partial charge in [0.2, 0.25) is 5.78 Å². The van der Waals surface area contributed by atoms with Gasteiger partial charge in [0.15, 0.2) is 5.69 Å². The van der Waals surface area contributed by atoms with Crippen LogP contribution < -0.4 is 4.74 Å². The molecule has 0 aliphatic carbocycles.